The lowest BCUT2D eigenvalue weighted by Crippen LogP contribution is -2.10. The van der Waals surface area contributed by atoms with Crippen LogP contribution in [0.25, 0.3) is 11.1 Å². The number of anilines is 2. The lowest BCUT2D eigenvalue weighted by atomic mass is 10.0. The summed E-state index contributed by atoms with van der Waals surface area (Å²) in [6, 6.07) is 17.3. The maximum Gasteiger partial charge on any atom is 0.232 e. The van der Waals surface area contributed by atoms with Crippen molar-refractivity contribution in [3.63, 3.8) is 0 Å². The number of rotatable bonds is 6. The van der Waals surface area contributed by atoms with E-state index < -0.39 is 0 Å². The fourth-order valence-corrected chi connectivity index (χ4v) is 3.34. The number of nitriles is 1. The van der Waals surface area contributed by atoms with Crippen LogP contribution in [0, 0.1) is 16.5 Å². The fraction of sp³-hybridized carbons (Fsp3) is 0.167. The zero-order valence-electron chi connectivity index (χ0n) is 17.8. The van der Waals surface area contributed by atoms with Gasteiger partial charge in [-0.05, 0) is 48.2 Å². The molecular formula is C24H20N6O3. The van der Waals surface area contributed by atoms with E-state index in [9.17, 15) is 10.5 Å². The molecule has 0 unspecified atom stereocenters. The van der Waals surface area contributed by atoms with Crippen molar-refractivity contribution in [2.45, 2.75) is 18.9 Å². The van der Waals surface area contributed by atoms with Gasteiger partial charge in [-0.2, -0.15) is 5.26 Å². The molecule has 0 amide bonds. The lowest BCUT2D eigenvalue weighted by Gasteiger charge is -2.18. The van der Waals surface area contributed by atoms with E-state index in [4.69, 9.17) is 9.47 Å². The molecule has 2 aromatic carbocycles. The van der Waals surface area contributed by atoms with Crippen molar-refractivity contribution >= 4 is 11.4 Å². The van der Waals surface area contributed by atoms with Crippen molar-refractivity contribution in [2.75, 3.05) is 17.7 Å². The first-order valence-corrected chi connectivity index (χ1v) is 10.4. The van der Waals surface area contributed by atoms with Crippen LogP contribution in [0.15, 0.2) is 71.9 Å². The molecule has 1 aliphatic heterocycles. The van der Waals surface area contributed by atoms with Gasteiger partial charge in [0.15, 0.2) is 7.05 Å². The Labute approximate surface area is 190 Å². The van der Waals surface area contributed by atoms with Crippen LogP contribution in [0.2, 0.25) is 0 Å². The number of nitrogens with zero attached hydrogens (tertiary/aromatic N) is 4. The quantitative estimate of drug-likeness (QED) is 0.308. The summed E-state index contributed by atoms with van der Waals surface area (Å²) in [5, 5.41) is 30.6. The molecule has 3 aromatic rings. The summed E-state index contributed by atoms with van der Waals surface area (Å²) in [6.07, 6.45) is 5.38. The third kappa shape index (κ3) is 4.70. The second-order valence-corrected chi connectivity index (χ2v) is 7.70. The maximum atomic E-state index is 11.1. The average Bonchev–Trinajstić information content (AvgIpc) is 3.64. The molecule has 9 nitrogen and oxygen atoms in total. The van der Waals surface area contributed by atoms with Gasteiger partial charge in [0.1, 0.15) is 29.2 Å². The third-order valence-corrected chi connectivity index (χ3v) is 5.07. The van der Waals surface area contributed by atoms with Crippen LogP contribution >= 0.6 is 0 Å². The van der Waals surface area contributed by atoms with Crippen LogP contribution in [0.1, 0.15) is 18.4 Å². The van der Waals surface area contributed by atoms with E-state index in [2.05, 4.69) is 26.8 Å². The minimum absolute atomic E-state index is 0.172. The van der Waals surface area contributed by atoms with Gasteiger partial charge in [0, 0.05) is 11.2 Å². The zero-order valence-corrected chi connectivity index (χ0v) is 17.8. The fourth-order valence-electron chi connectivity index (χ4n) is 3.34. The van der Waals surface area contributed by atoms with E-state index in [1.807, 2.05) is 42.5 Å². The molecule has 9 heteroatoms. The molecule has 1 saturated carbocycles. The third-order valence-electron chi connectivity index (χ3n) is 5.07. The second-order valence-electron chi connectivity index (χ2n) is 7.70. The van der Waals surface area contributed by atoms with Crippen molar-refractivity contribution in [3.8, 4) is 34.6 Å². The van der Waals surface area contributed by atoms with Gasteiger partial charge in [-0.1, -0.05) is 23.1 Å². The molecule has 2 heterocycles. The van der Waals surface area contributed by atoms with Crippen LogP contribution in [0.4, 0.5) is 11.4 Å². The predicted octanol–water partition coefficient (Wildman–Crippen LogP) is 5.18. The normalized spacial score (nSPS) is 14.8. The van der Waals surface area contributed by atoms with E-state index in [-0.39, 0.29) is 6.10 Å². The highest BCUT2D eigenvalue weighted by atomic mass is 16.5. The number of nitrogens with one attached hydrogen (secondary N) is 2. The predicted molar refractivity (Wildman–Crippen MR) is 122 cm³/mol. The Bertz CT molecular complexity index is 1300. The summed E-state index contributed by atoms with van der Waals surface area (Å²) in [6.45, 7) is 0. The Kier molecular flexibility index (Phi) is 5.24. The van der Waals surface area contributed by atoms with Gasteiger partial charge in [0.05, 0.1) is 23.8 Å². The van der Waals surface area contributed by atoms with Crippen molar-refractivity contribution in [1.82, 2.24) is 4.98 Å². The molecule has 2 aliphatic rings. The molecule has 0 radical (unpaired) electrons. The molecule has 1 aromatic heterocycles. The lowest BCUT2D eigenvalue weighted by molar-refractivity contribution is -0.495. The van der Waals surface area contributed by atoms with E-state index in [1.165, 1.54) is 7.05 Å². The van der Waals surface area contributed by atoms with Gasteiger partial charge in [-0.25, -0.2) is 4.98 Å². The minimum Gasteiger partial charge on any atom is -0.600 e. The van der Waals surface area contributed by atoms with Crippen molar-refractivity contribution < 1.29 is 14.3 Å². The van der Waals surface area contributed by atoms with Crippen LogP contribution in [0.5, 0.6) is 17.4 Å². The Morgan fingerprint density at radius 3 is 2.61 bits per heavy atom. The van der Waals surface area contributed by atoms with Gasteiger partial charge < -0.3 is 25.3 Å². The van der Waals surface area contributed by atoms with E-state index >= 15 is 0 Å². The number of hydrogen-bond acceptors (Lipinski definition) is 8. The zero-order chi connectivity index (χ0) is 22.8. The van der Waals surface area contributed by atoms with Gasteiger partial charge >= 0.3 is 0 Å². The highest BCUT2D eigenvalue weighted by Crippen LogP contribution is 2.34. The average molecular weight is 440 g/mol. The first-order chi connectivity index (χ1) is 16.1. The van der Waals surface area contributed by atoms with Gasteiger partial charge in [-0.3, -0.25) is 0 Å². The smallest absolute Gasteiger partial charge is 0.232 e. The van der Waals surface area contributed by atoms with E-state index in [0.29, 0.717) is 33.6 Å². The Balaban J connectivity index is 1.29. The summed E-state index contributed by atoms with van der Waals surface area (Å²) >= 11 is 0. The highest BCUT2D eigenvalue weighted by Gasteiger charge is 2.25. The second kappa shape index (κ2) is 8.51. The largest absolute Gasteiger partial charge is 0.600 e. The first kappa shape index (κ1) is 20.3. The Hall–Kier alpha value is -4.58. The molecule has 164 valence electrons. The van der Waals surface area contributed by atoms with Crippen molar-refractivity contribution in [3.05, 3.63) is 77.5 Å². The number of azo groups is 1. The molecule has 0 saturated heterocycles. The molecule has 33 heavy (non-hydrogen) atoms. The number of pyridine rings is 1. The van der Waals surface area contributed by atoms with Crippen LogP contribution in [-0.2, 0) is 0 Å². The van der Waals surface area contributed by atoms with E-state index in [1.54, 1.807) is 18.5 Å². The number of aromatic nitrogens is 1. The molecular weight excluding hydrogens is 420 g/mol. The number of fused-ring (bicyclic) bond motifs is 1. The summed E-state index contributed by atoms with van der Waals surface area (Å²) in [4.78, 5) is 4.74. The molecule has 2 N–H and O–H groups in total. The molecule has 1 fully saturated rings. The number of hydrogen-bond donors (Lipinski definition) is 2. The van der Waals surface area contributed by atoms with Crippen LogP contribution in [-0.4, -0.2) is 23.0 Å². The molecule has 1 aliphatic carbocycles. The van der Waals surface area contributed by atoms with Crippen LogP contribution in [0.3, 0.4) is 0 Å². The van der Waals surface area contributed by atoms with E-state index in [0.717, 1.165) is 35.3 Å². The Morgan fingerprint density at radius 2 is 1.88 bits per heavy atom. The minimum atomic E-state index is 0.172. The summed E-state index contributed by atoms with van der Waals surface area (Å²) in [7, 11) is 1.33. The molecule has 5 rings (SSSR count). The van der Waals surface area contributed by atoms with Gasteiger partial charge in [0.2, 0.25) is 11.7 Å². The summed E-state index contributed by atoms with van der Waals surface area (Å²) in [5.74, 6) is 1.90. The van der Waals surface area contributed by atoms with Crippen molar-refractivity contribution in [1.29, 1.82) is 5.26 Å². The molecule has 0 spiro atoms. The number of benzene rings is 2. The standard InChI is InChI=1S/C24H20N6O3/c1-30(31)29-23-14-26-22-11-16(4-9-21(22)28-23)15-2-5-18(6-3-15)32-20-10-17(12-25)24(27-13-20)33-19-7-8-19/h2-6,9-11,13-14,19,26,28H,7-8H2,1H3/b30-29-. The molecule has 0 bridgehead atoms. The summed E-state index contributed by atoms with van der Waals surface area (Å²) in [5.41, 5.74) is 4.09. The topological polar surface area (TPSA) is 118 Å². The summed E-state index contributed by atoms with van der Waals surface area (Å²) < 4.78 is 11.5. The molecule has 0 atom stereocenters. The Morgan fingerprint density at radius 1 is 1.09 bits per heavy atom. The number of hydroxylamine groups is 1. The highest BCUT2D eigenvalue weighted by molar-refractivity contribution is 5.80. The van der Waals surface area contributed by atoms with Crippen molar-refractivity contribution in [2.24, 2.45) is 5.11 Å². The monoisotopic (exact) mass is 440 g/mol. The first-order valence-electron chi connectivity index (χ1n) is 10.4. The van der Waals surface area contributed by atoms with Crippen LogP contribution < -0.4 is 20.1 Å². The SMILES string of the molecule is C/[N+]([O-])=N/C1=CNc2cc(-c3ccc(Oc4cnc(OC5CC5)c(C#N)c4)cc3)ccc2N1. The van der Waals surface area contributed by atoms with Gasteiger partial charge in [-0.15, -0.1) is 0 Å². The van der Waals surface area contributed by atoms with Gasteiger partial charge in [0.25, 0.3) is 0 Å². The maximum absolute atomic E-state index is 11.1. The number of ether oxygens (including phenoxy) is 2.